The molecular formula is C14H20F3N3O2. The molecule has 1 rings (SSSR count). The molecule has 0 radical (unpaired) electrons. The standard InChI is InChI=1S/C14H20F3N3O2/c1-13(2,10-4-6-18-7-5-10)9-19-12(22)20(3)8-11(21)14(15,16)17/h4-7,11,21H,8-9H2,1-3H3,(H,19,22)/t11-/m1/s1. The lowest BCUT2D eigenvalue weighted by Gasteiger charge is -2.28. The van der Waals surface area contributed by atoms with Gasteiger partial charge in [0.05, 0.1) is 6.54 Å². The third-order valence-electron chi connectivity index (χ3n) is 3.31. The minimum absolute atomic E-state index is 0.238. The van der Waals surface area contributed by atoms with Crippen LogP contribution in [0.4, 0.5) is 18.0 Å². The molecule has 1 atom stereocenters. The molecule has 2 N–H and O–H groups in total. The summed E-state index contributed by atoms with van der Waals surface area (Å²) in [5.74, 6) is 0. The zero-order valence-corrected chi connectivity index (χ0v) is 12.7. The lowest BCUT2D eigenvalue weighted by molar-refractivity contribution is -0.205. The van der Waals surface area contributed by atoms with Crippen molar-refractivity contribution in [2.24, 2.45) is 0 Å². The number of hydrogen-bond acceptors (Lipinski definition) is 3. The van der Waals surface area contributed by atoms with Gasteiger partial charge in [-0.25, -0.2) is 4.79 Å². The first kappa shape index (κ1) is 18.2. The predicted molar refractivity (Wildman–Crippen MR) is 75.4 cm³/mol. The minimum atomic E-state index is -4.75. The van der Waals surface area contributed by atoms with E-state index in [4.69, 9.17) is 5.11 Å². The Kier molecular flexibility index (Phi) is 5.76. The molecule has 0 unspecified atom stereocenters. The number of nitrogens with one attached hydrogen (secondary N) is 1. The summed E-state index contributed by atoms with van der Waals surface area (Å²) in [6, 6.07) is 2.94. The van der Waals surface area contributed by atoms with E-state index in [-0.39, 0.29) is 6.54 Å². The molecular weight excluding hydrogens is 299 g/mol. The van der Waals surface area contributed by atoms with E-state index in [1.54, 1.807) is 12.4 Å². The van der Waals surface area contributed by atoms with Crippen LogP contribution in [0.15, 0.2) is 24.5 Å². The molecule has 1 heterocycles. The van der Waals surface area contributed by atoms with Gasteiger partial charge in [0.1, 0.15) is 0 Å². The molecule has 1 aromatic heterocycles. The number of aliphatic hydroxyl groups is 1. The summed E-state index contributed by atoms with van der Waals surface area (Å²) in [5.41, 5.74) is 0.544. The summed E-state index contributed by atoms with van der Waals surface area (Å²) >= 11 is 0. The molecule has 0 spiro atoms. The molecule has 1 aromatic rings. The Bertz CT molecular complexity index is 492. The molecule has 8 heteroatoms. The molecule has 0 aliphatic heterocycles. The first-order valence-corrected chi connectivity index (χ1v) is 6.68. The number of alkyl halides is 3. The number of urea groups is 1. The van der Waals surface area contributed by atoms with Crippen LogP contribution < -0.4 is 5.32 Å². The summed E-state index contributed by atoms with van der Waals surface area (Å²) in [6.07, 6.45) is -4.04. The van der Waals surface area contributed by atoms with Gasteiger partial charge in [0.25, 0.3) is 0 Å². The van der Waals surface area contributed by atoms with Gasteiger partial charge in [-0.1, -0.05) is 13.8 Å². The Morgan fingerprint density at radius 3 is 2.41 bits per heavy atom. The van der Waals surface area contributed by atoms with Crippen molar-refractivity contribution in [1.29, 1.82) is 0 Å². The number of amides is 2. The maximum absolute atomic E-state index is 12.3. The number of aliphatic hydroxyl groups excluding tert-OH is 1. The van der Waals surface area contributed by atoms with Crippen LogP contribution in [0.25, 0.3) is 0 Å². The summed E-state index contributed by atoms with van der Waals surface area (Å²) in [6.45, 7) is 3.22. The predicted octanol–water partition coefficient (Wildman–Crippen LogP) is 1.92. The van der Waals surface area contributed by atoms with Crippen molar-refractivity contribution in [3.05, 3.63) is 30.1 Å². The SMILES string of the molecule is CN(C[C@@H](O)C(F)(F)F)C(=O)NCC(C)(C)c1ccncc1. The van der Waals surface area contributed by atoms with E-state index in [0.29, 0.717) is 0 Å². The van der Waals surface area contributed by atoms with Crippen LogP contribution >= 0.6 is 0 Å². The van der Waals surface area contributed by atoms with Crippen molar-refractivity contribution in [3.8, 4) is 0 Å². The molecule has 0 aliphatic carbocycles. The fourth-order valence-corrected chi connectivity index (χ4v) is 1.78. The zero-order chi connectivity index (χ0) is 17.0. The average Bonchev–Trinajstić information content (AvgIpc) is 2.44. The summed E-state index contributed by atoms with van der Waals surface area (Å²) in [4.78, 5) is 16.5. The topological polar surface area (TPSA) is 65.5 Å². The summed E-state index contributed by atoms with van der Waals surface area (Å²) in [7, 11) is 1.20. The highest BCUT2D eigenvalue weighted by atomic mass is 19.4. The molecule has 2 amide bonds. The van der Waals surface area contributed by atoms with Crippen molar-refractivity contribution in [2.45, 2.75) is 31.5 Å². The van der Waals surface area contributed by atoms with Gasteiger partial charge in [0.15, 0.2) is 6.10 Å². The van der Waals surface area contributed by atoms with Gasteiger partial charge in [-0.3, -0.25) is 4.98 Å². The van der Waals surface area contributed by atoms with Gasteiger partial charge >= 0.3 is 12.2 Å². The average molecular weight is 319 g/mol. The van der Waals surface area contributed by atoms with Crippen LogP contribution in [0.2, 0.25) is 0 Å². The molecule has 5 nitrogen and oxygen atoms in total. The van der Waals surface area contributed by atoms with E-state index in [0.717, 1.165) is 10.5 Å². The van der Waals surface area contributed by atoms with Gasteiger partial charge in [-0.2, -0.15) is 13.2 Å². The second kappa shape index (κ2) is 6.95. The van der Waals surface area contributed by atoms with E-state index < -0.39 is 30.3 Å². The van der Waals surface area contributed by atoms with Gasteiger partial charge in [-0.05, 0) is 17.7 Å². The molecule has 22 heavy (non-hydrogen) atoms. The lowest BCUT2D eigenvalue weighted by atomic mass is 9.85. The maximum atomic E-state index is 12.3. The Morgan fingerprint density at radius 2 is 1.91 bits per heavy atom. The Morgan fingerprint density at radius 1 is 1.36 bits per heavy atom. The molecule has 0 saturated carbocycles. The fourth-order valence-electron chi connectivity index (χ4n) is 1.78. The fraction of sp³-hybridized carbons (Fsp3) is 0.571. The normalized spacial score (nSPS) is 13.6. The number of hydrogen-bond donors (Lipinski definition) is 2. The Labute approximate surface area is 127 Å². The molecule has 0 aliphatic rings. The number of halogens is 3. The smallest absolute Gasteiger partial charge is 0.382 e. The molecule has 0 fully saturated rings. The third-order valence-corrected chi connectivity index (χ3v) is 3.31. The second-order valence-corrected chi connectivity index (χ2v) is 5.72. The number of rotatable bonds is 5. The van der Waals surface area contributed by atoms with E-state index in [1.165, 1.54) is 7.05 Å². The molecule has 0 bridgehead atoms. The molecule has 0 aromatic carbocycles. The second-order valence-electron chi connectivity index (χ2n) is 5.72. The number of likely N-dealkylation sites (N-methyl/N-ethyl adjacent to an activating group) is 1. The van der Waals surface area contributed by atoms with Crippen molar-refractivity contribution in [1.82, 2.24) is 15.2 Å². The van der Waals surface area contributed by atoms with Crippen molar-refractivity contribution in [2.75, 3.05) is 20.1 Å². The van der Waals surface area contributed by atoms with Crippen LogP contribution in [0.1, 0.15) is 19.4 Å². The monoisotopic (exact) mass is 319 g/mol. The number of nitrogens with zero attached hydrogens (tertiary/aromatic N) is 2. The number of pyridine rings is 1. The highest BCUT2D eigenvalue weighted by molar-refractivity contribution is 5.74. The Hall–Kier alpha value is -1.83. The number of aromatic nitrogens is 1. The van der Waals surface area contributed by atoms with E-state index in [2.05, 4.69) is 10.3 Å². The van der Waals surface area contributed by atoms with Gasteiger partial charge in [-0.15, -0.1) is 0 Å². The van der Waals surface area contributed by atoms with Crippen LogP contribution in [-0.4, -0.2) is 53.4 Å². The molecule has 124 valence electrons. The van der Waals surface area contributed by atoms with Gasteiger partial charge in [0, 0.05) is 31.4 Å². The zero-order valence-electron chi connectivity index (χ0n) is 12.7. The summed E-state index contributed by atoms with van der Waals surface area (Å²) < 4.78 is 36.8. The Balaban J connectivity index is 2.55. The maximum Gasteiger partial charge on any atom is 0.416 e. The van der Waals surface area contributed by atoms with Gasteiger partial charge < -0.3 is 15.3 Å². The number of carbonyl (C=O) groups excluding carboxylic acids is 1. The highest BCUT2D eigenvalue weighted by Gasteiger charge is 2.39. The third kappa shape index (κ3) is 5.18. The largest absolute Gasteiger partial charge is 0.416 e. The first-order chi connectivity index (χ1) is 10.0. The van der Waals surface area contributed by atoms with Crippen LogP contribution in [-0.2, 0) is 5.41 Å². The van der Waals surface area contributed by atoms with E-state index in [9.17, 15) is 18.0 Å². The summed E-state index contributed by atoms with van der Waals surface area (Å²) in [5, 5.41) is 11.5. The van der Waals surface area contributed by atoms with Crippen LogP contribution in [0.3, 0.4) is 0 Å². The van der Waals surface area contributed by atoms with Crippen molar-refractivity contribution in [3.63, 3.8) is 0 Å². The lowest BCUT2D eigenvalue weighted by Crippen LogP contribution is -2.47. The highest BCUT2D eigenvalue weighted by Crippen LogP contribution is 2.22. The van der Waals surface area contributed by atoms with Crippen LogP contribution in [0.5, 0.6) is 0 Å². The molecule has 0 saturated heterocycles. The van der Waals surface area contributed by atoms with E-state index in [1.807, 2.05) is 26.0 Å². The first-order valence-electron chi connectivity index (χ1n) is 6.68. The quantitative estimate of drug-likeness (QED) is 0.871. The van der Waals surface area contributed by atoms with Crippen molar-refractivity contribution >= 4 is 6.03 Å². The van der Waals surface area contributed by atoms with Crippen LogP contribution in [0, 0.1) is 0 Å². The minimum Gasteiger partial charge on any atom is -0.382 e. The van der Waals surface area contributed by atoms with Crippen molar-refractivity contribution < 1.29 is 23.1 Å². The number of carbonyl (C=O) groups is 1. The van der Waals surface area contributed by atoms with Gasteiger partial charge in [0.2, 0.25) is 0 Å². The van der Waals surface area contributed by atoms with E-state index >= 15 is 0 Å².